The fourth-order valence-corrected chi connectivity index (χ4v) is 4.38. The summed E-state index contributed by atoms with van der Waals surface area (Å²) in [4.78, 5) is 19.0. The molecular weight excluding hydrogens is 540 g/mol. The van der Waals surface area contributed by atoms with E-state index in [1.165, 1.54) is 33.2 Å². The van der Waals surface area contributed by atoms with Gasteiger partial charge in [0.15, 0.2) is 6.29 Å². The summed E-state index contributed by atoms with van der Waals surface area (Å²) in [5, 5.41) is 30.0. The number of aromatic nitrogens is 7. The van der Waals surface area contributed by atoms with Gasteiger partial charge in [0, 0.05) is 30.5 Å². The van der Waals surface area contributed by atoms with Crippen LogP contribution in [0, 0.1) is 11.6 Å². The highest BCUT2D eigenvalue weighted by molar-refractivity contribution is 5.89. The Hall–Kier alpha value is -4.34. The lowest BCUT2D eigenvalue weighted by atomic mass is 9.85. The summed E-state index contributed by atoms with van der Waals surface area (Å²) < 4.78 is 43.1. The molecule has 0 spiro atoms. The van der Waals surface area contributed by atoms with E-state index in [4.69, 9.17) is 9.47 Å². The normalized spacial score (nSPS) is 13.6. The molecule has 2 heterocycles. The quantitative estimate of drug-likeness (QED) is 0.231. The molecule has 2 atom stereocenters. The molecule has 2 aromatic carbocycles. The minimum atomic E-state index is -2.09. The van der Waals surface area contributed by atoms with E-state index in [1.54, 1.807) is 45.0 Å². The van der Waals surface area contributed by atoms with Crippen LogP contribution in [0.25, 0.3) is 5.69 Å². The average Bonchev–Trinajstić information content (AvgIpc) is 3.67. The maximum absolute atomic E-state index is 15.2. The van der Waals surface area contributed by atoms with Crippen LogP contribution >= 0.6 is 0 Å². The molecule has 2 N–H and O–H groups in total. The SMILES string of the molecule is CCOC(CN(C(=O)Nc1ccc(-n2cnnn2)cc1)[C@H](C)[C@](O)(Cn1cncn1)c1ccc(F)cc1F)OCC. The van der Waals surface area contributed by atoms with E-state index in [1.807, 2.05) is 0 Å². The maximum Gasteiger partial charge on any atom is 0.322 e. The molecule has 4 rings (SSSR count). The van der Waals surface area contributed by atoms with Gasteiger partial charge in [-0.2, -0.15) is 5.10 Å². The minimum absolute atomic E-state index is 0.125. The lowest BCUT2D eigenvalue weighted by Crippen LogP contribution is -2.57. The monoisotopic (exact) mass is 571 g/mol. The van der Waals surface area contributed by atoms with Gasteiger partial charge in [-0.1, -0.05) is 6.07 Å². The third-order valence-electron chi connectivity index (χ3n) is 6.47. The van der Waals surface area contributed by atoms with Gasteiger partial charge in [-0.05, 0) is 61.5 Å². The van der Waals surface area contributed by atoms with E-state index in [2.05, 4.69) is 30.9 Å². The van der Waals surface area contributed by atoms with Crippen molar-refractivity contribution in [3.8, 4) is 5.69 Å². The molecule has 4 aromatic rings. The molecule has 2 aromatic heterocycles. The van der Waals surface area contributed by atoms with Crippen LogP contribution in [0.2, 0.25) is 0 Å². The predicted molar refractivity (Wildman–Crippen MR) is 142 cm³/mol. The van der Waals surface area contributed by atoms with Crippen LogP contribution in [0.4, 0.5) is 19.3 Å². The number of nitrogens with one attached hydrogen (secondary N) is 1. The van der Waals surface area contributed by atoms with E-state index in [9.17, 15) is 14.3 Å². The fourth-order valence-electron chi connectivity index (χ4n) is 4.38. The molecule has 0 aliphatic rings. The maximum atomic E-state index is 15.2. The van der Waals surface area contributed by atoms with Crippen LogP contribution in [0.1, 0.15) is 26.3 Å². The van der Waals surface area contributed by atoms with Gasteiger partial charge in [0.1, 0.15) is 36.2 Å². The molecule has 0 bridgehead atoms. The third-order valence-corrected chi connectivity index (χ3v) is 6.47. The van der Waals surface area contributed by atoms with Crippen molar-refractivity contribution in [1.29, 1.82) is 0 Å². The number of anilines is 1. The number of hydrogen-bond donors (Lipinski definition) is 2. The molecule has 0 fully saturated rings. The largest absolute Gasteiger partial charge is 0.381 e. The average molecular weight is 572 g/mol. The van der Waals surface area contributed by atoms with Crippen molar-refractivity contribution in [1.82, 2.24) is 39.9 Å². The second kappa shape index (κ2) is 13.3. The zero-order valence-corrected chi connectivity index (χ0v) is 22.8. The number of halogens is 2. The summed E-state index contributed by atoms with van der Waals surface area (Å²) in [6.07, 6.45) is 3.19. The summed E-state index contributed by atoms with van der Waals surface area (Å²) in [5.74, 6) is -1.79. The molecule has 15 heteroatoms. The second-order valence-corrected chi connectivity index (χ2v) is 9.04. The lowest BCUT2D eigenvalue weighted by molar-refractivity contribution is -0.153. The van der Waals surface area contributed by atoms with Gasteiger partial charge in [0.25, 0.3) is 0 Å². The third kappa shape index (κ3) is 7.06. The van der Waals surface area contributed by atoms with Gasteiger partial charge >= 0.3 is 6.03 Å². The zero-order chi connectivity index (χ0) is 29.4. The molecular formula is C26H31F2N9O4. The number of benzene rings is 2. The topological polar surface area (TPSA) is 145 Å². The van der Waals surface area contributed by atoms with Gasteiger partial charge < -0.3 is 24.8 Å². The van der Waals surface area contributed by atoms with E-state index in [-0.39, 0.29) is 18.7 Å². The Balaban J connectivity index is 1.69. The minimum Gasteiger partial charge on any atom is -0.381 e. The van der Waals surface area contributed by atoms with Crippen molar-refractivity contribution in [2.24, 2.45) is 0 Å². The Bertz CT molecular complexity index is 1380. The number of amides is 2. The number of aliphatic hydroxyl groups is 1. The molecule has 0 unspecified atom stereocenters. The Morgan fingerprint density at radius 1 is 1.12 bits per heavy atom. The molecule has 0 aliphatic carbocycles. The van der Waals surface area contributed by atoms with E-state index in [0.717, 1.165) is 12.1 Å². The molecule has 0 saturated heterocycles. The van der Waals surface area contributed by atoms with Gasteiger partial charge in [0.2, 0.25) is 0 Å². The molecule has 0 aliphatic heterocycles. The molecule has 0 saturated carbocycles. The predicted octanol–water partition coefficient (Wildman–Crippen LogP) is 2.74. The Morgan fingerprint density at radius 3 is 2.44 bits per heavy atom. The van der Waals surface area contributed by atoms with Crippen molar-refractivity contribution >= 4 is 11.7 Å². The van der Waals surface area contributed by atoms with Gasteiger partial charge in [0.05, 0.1) is 24.8 Å². The number of nitrogens with zero attached hydrogens (tertiary/aromatic N) is 8. The summed E-state index contributed by atoms with van der Waals surface area (Å²) >= 11 is 0. The summed E-state index contributed by atoms with van der Waals surface area (Å²) in [6, 6.07) is 7.84. The van der Waals surface area contributed by atoms with Crippen molar-refractivity contribution in [3.05, 3.63) is 78.6 Å². The highest BCUT2D eigenvalue weighted by Gasteiger charge is 2.44. The summed E-state index contributed by atoms with van der Waals surface area (Å²) in [5.41, 5.74) is -1.22. The van der Waals surface area contributed by atoms with Crippen LogP contribution in [0.15, 0.2) is 61.4 Å². The number of carbonyl (C=O) groups excluding carboxylic acids is 1. The molecule has 41 heavy (non-hydrogen) atoms. The number of tetrazole rings is 1. The first-order chi connectivity index (χ1) is 19.7. The number of urea groups is 1. The molecule has 13 nitrogen and oxygen atoms in total. The highest BCUT2D eigenvalue weighted by atomic mass is 19.1. The summed E-state index contributed by atoms with van der Waals surface area (Å²) in [7, 11) is 0. The van der Waals surface area contributed by atoms with Gasteiger partial charge in [-0.25, -0.2) is 27.9 Å². The molecule has 2 amide bonds. The van der Waals surface area contributed by atoms with E-state index < -0.39 is 35.6 Å². The van der Waals surface area contributed by atoms with Crippen molar-refractivity contribution < 1.29 is 28.2 Å². The number of hydrogen-bond acceptors (Lipinski definition) is 9. The number of ether oxygens (including phenoxy) is 2. The first-order valence-electron chi connectivity index (χ1n) is 12.9. The van der Waals surface area contributed by atoms with Crippen molar-refractivity contribution in [3.63, 3.8) is 0 Å². The van der Waals surface area contributed by atoms with E-state index in [0.29, 0.717) is 30.7 Å². The number of carbonyl (C=O) groups is 1. The van der Waals surface area contributed by atoms with Crippen LogP contribution in [0.3, 0.4) is 0 Å². The zero-order valence-electron chi connectivity index (χ0n) is 22.8. The molecule has 0 radical (unpaired) electrons. The van der Waals surface area contributed by atoms with E-state index >= 15 is 4.39 Å². The van der Waals surface area contributed by atoms with Crippen LogP contribution in [-0.2, 0) is 21.6 Å². The van der Waals surface area contributed by atoms with Crippen molar-refractivity contribution in [2.45, 2.75) is 45.2 Å². The number of rotatable bonds is 13. The first kappa shape index (κ1) is 29.6. The Kier molecular flexibility index (Phi) is 9.65. The van der Waals surface area contributed by atoms with Crippen LogP contribution in [0.5, 0.6) is 0 Å². The second-order valence-electron chi connectivity index (χ2n) is 9.04. The smallest absolute Gasteiger partial charge is 0.322 e. The van der Waals surface area contributed by atoms with Crippen LogP contribution in [-0.4, -0.2) is 83.1 Å². The first-order valence-corrected chi connectivity index (χ1v) is 12.9. The Morgan fingerprint density at radius 2 is 1.85 bits per heavy atom. The summed E-state index contributed by atoms with van der Waals surface area (Å²) in [6.45, 7) is 5.28. The van der Waals surface area contributed by atoms with Gasteiger partial charge in [-0.15, -0.1) is 5.10 Å². The highest BCUT2D eigenvalue weighted by Crippen LogP contribution is 2.33. The Labute approximate surface area is 234 Å². The van der Waals surface area contributed by atoms with Crippen molar-refractivity contribution in [2.75, 3.05) is 25.1 Å². The van der Waals surface area contributed by atoms with Crippen LogP contribution < -0.4 is 5.32 Å². The molecule has 218 valence electrons. The lowest BCUT2D eigenvalue weighted by Gasteiger charge is -2.42. The standard InChI is InChI=1S/C26H31F2N9O4/c1-4-40-24(41-5-2)13-36(25(38)32-20-7-9-21(10-8-20)37-17-30-33-34-37)18(3)26(39,14-35-16-29-15-31-35)22-11-6-19(27)12-23(22)28/h6-12,15-18,24,39H,4-5,13-14H2,1-3H3,(H,32,38)/t18-,26-/m1/s1. The van der Waals surface area contributed by atoms with Gasteiger partial charge in [-0.3, -0.25) is 0 Å². The fraction of sp³-hybridized carbons (Fsp3) is 0.385.